The van der Waals surface area contributed by atoms with Gasteiger partial charge in [0.05, 0.1) is 13.0 Å². The number of carbonyl (C=O) groups is 2. The first kappa shape index (κ1) is 18.8. The fraction of sp³-hybridized carbons (Fsp3) is 0.579. The summed E-state index contributed by atoms with van der Waals surface area (Å²) in [5.74, 6) is 0.410. The van der Waals surface area contributed by atoms with Gasteiger partial charge in [0.25, 0.3) is 0 Å². The zero-order valence-electron chi connectivity index (χ0n) is 14.8. The van der Waals surface area contributed by atoms with E-state index in [4.69, 9.17) is 9.47 Å². The minimum Gasteiger partial charge on any atom is -0.469 e. The third-order valence-corrected chi connectivity index (χ3v) is 6.17. The van der Waals surface area contributed by atoms with Crippen molar-refractivity contribution < 1.29 is 19.1 Å². The van der Waals surface area contributed by atoms with Crippen LogP contribution in [0.15, 0.2) is 35.2 Å². The Hall–Kier alpha value is -1.49. The van der Waals surface area contributed by atoms with Crippen LogP contribution in [-0.4, -0.2) is 30.4 Å². The Morgan fingerprint density at radius 2 is 2.00 bits per heavy atom. The molecule has 1 aliphatic rings. The van der Waals surface area contributed by atoms with Crippen LogP contribution in [-0.2, 0) is 19.1 Å². The molecule has 1 aliphatic carbocycles. The van der Waals surface area contributed by atoms with E-state index >= 15 is 0 Å². The second-order valence-corrected chi connectivity index (χ2v) is 7.74. The van der Waals surface area contributed by atoms with Crippen LogP contribution in [0.3, 0.4) is 0 Å². The van der Waals surface area contributed by atoms with Crippen molar-refractivity contribution in [3.63, 3.8) is 0 Å². The average molecular weight is 350 g/mol. The van der Waals surface area contributed by atoms with Crippen molar-refractivity contribution in [1.82, 2.24) is 0 Å². The fourth-order valence-corrected chi connectivity index (χ4v) is 5.03. The topological polar surface area (TPSA) is 52.6 Å². The second-order valence-electron chi connectivity index (χ2n) is 6.65. The largest absolute Gasteiger partial charge is 0.469 e. The molecule has 0 aromatic heterocycles. The number of carbonyl (C=O) groups excluding carboxylic acids is 2. The fourth-order valence-electron chi connectivity index (χ4n) is 3.71. The minimum absolute atomic E-state index is 0.112. The first-order valence-corrected chi connectivity index (χ1v) is 9.31. The van der Waals surface area contributed by atoms with E-state index in [-0.39, 0.29) is 29.7 Å². The number of hydrogen-bond donors (Lipinski definition) is 0. The molecule has 0 aliphatic heterocycles. The molecule has 1 aromatic carbocycles. The maximum Gasteiger partial charge on any atom is 0.308 e. The minimum atomic E-state index is -0.527. The third-order valence-electron chi connectivity index (χ3n) is 5.04. The monoisotopic (exact) mass is 350 g/mol. The summed E-state index contributed by atoms with van der Waals surface area (Å²) < 4.78 is 10.6. The summed E-state index contributed by atoms with van der Waals surface area (Å²) in [6.07, 6.45) is 1.64. The van der Waals surface area contributed by atoms with Crippen molar-refractivity contribution in [2.45, 2.75) is 44.1 Å². The summed E-state index contributed by atoms with van der Waals surface area (Å²) in [4.78, 5) is 24.8. The number of esters is 2. The Bertz CT molecular complexity index is 574. The molecule has 1 saturated carbocycles. The van der Waals surface area contributed by atoms with Crippen LogP contribution in [0.2, 0.25) is 0 Å². The molecule has 5 heteroatoms. The Morgan fingerprint density at radius 1 is 1.33 bits per heavy atom. The number of benzene rings is 1. The van der Waals surface area contributed by atoms with Gasteiger partial charge in [0.15, 0.2) is 0 Å². The molecule has 1 aromatic rings. The van der Waals surface area contributed by atoms with E-state index in [0.717, 1.165) is 18.6 Å². The van der Waals surface area contributed by atoms with Crippen LogP contribution in [0.4, 0.5) is 0 Å². The van der Waals surface area contributed by atoms with Gasteiger partial charge in [0, 0.05) is 23.5 Å². The number of ether oxygens (including phenoxy) is 2. The van der Waals surface area contributed by atoms with Crippen LogP contribution < -0.4 is 0 Å². The van der Waals surface area contributed by atoms with Crippen molar-refractivity contribution in [1.29, 1.82) is 0 Å². The van der Waals surface area contributed by atoms with Gasteiger partial charge in [0.2, 0.25) is 0 Å². The summed E-state index contributed by atoms with van der Waals surface area (Å²) in [5, 5.41) is 0. The molecule has 0 heterocycles. The van der Waals surface area contributed by atoms with Crippen molar-refractivity contribution in [2.75, 3.05) is 12.9 Å². The van der Waals surface area contributed by atoms with Gasteiger partial charge in [-0.2, -0.15) is 0 Å². The SMILES string of the molecule is COC(=O)[C@H](C)[C@@H]1CCC(C)(OC(C)=O)C1CSc1ccccc1. The number of thioether (sulfide) groups is 1. The molecule has 0 N–H and O–H groups in total. The normalized spacial score (nSPS) is 27.5. The van der Waals surface area contributed by atoms with Crippen molar-refractivity contribution in [3.8, 4) is 0 Å². The van der Waals surface area contributed by atoms with E-state index in [2.05, 4.69) is 12.1 Å². The second kappa shape index (κ2) is 8.06. The highest BCUT2D eigenvalue weighted by Crippen LogP contribution is 2.48. The standard InChI is InChI=1S/C19H26O4S/c1-13(18(21)22-4)16-10-11-19(3,23-14(2)20)17(16)12-24-15-8-6-5-7-9-15/h5-9,13,16-17H,10-12H2,1-4H3/t13-,16+,17?,19?/m1/s1. The van der Waals surface area contributed by atoms with E-state index < -0.39 is 5.60 Å². The molecule has 1 fully saturated rings. The molecule has 24 heavy (non-hydrogen) atoms. The molecule has 132 valence electrons. The van der Waals surface area contributed by atoms with Crippen LogP contribution in [0.25, 0.3) is 0 Å². The molecule has 0 amide bonds. The van der Waals surface area contributed by atoms with E-state index in [1.165, 1.54) is 18.9 Å². The number of methoxy groups -OCH3 is 1. The van der Waals surface area contributed by atoms with E-state index in [9.17, 15) is 9.59 Å². The van der Waals surface area contributed by atoms with Gasteiger partial charge < -0.3 is 9.47 Å². The van der Waals surface area contributed by atoms with Crippen LogP contribution in [0, 0.1) is 17.8 Å². The summed E-state index contributed by atoms with van der Waals surface area (Å²) in [6.45, 7) is 5.36. The molecule has 2 unspecified atom stereocenters. The Labute approximate surface area is 148 Å². The Morgan fingerprint density at radius 3 is 2.58 bits per heavy atom. The highest BCUT2D eigenvalue weighted by Gasteiger charge is 2.50. The van der Waals surface area contributed by atoms with Gasteiger partial charge in [-0.25, -0.2) is 0 Å². The number of rotatable bonds is 6. The number of hydrogen-bond acceptors (Lipinski definition) is 5. The van der Waals surface area contributed by atoms with Crippen molar-refractivity contribution in [3.05, 3.63) is 30.3 Å². The Balaban J connectivity index is 2.18. The lowest BCUT2D eigenvalue weighted by Crippen LogP contribution is -2.40. The lowest BCUT2D eigenvalue weighted by molar-refractivity contribution is -0.159. The van der Waals surface area contributed by atoms with E-state index in [1.54, 1.807) is 11.8 Å². The van der Waals surface area contributed by atoms with E-state index in [0.29, 0.717) is 0 Å². The van der Waals surface area contributed by atoms with Gasteiger partial charge in [0.1, 0.15) is 5.60 Å². The molecule has 4 atom stereocenters. The predicted octanol–water partition coefficient (Wildman–Crippen LogP) is 3.94. The summed E-state index contributed by atoms with van der Waals surface area (Å²) in [6, 6.07) is 10.2. The van der Waals surface area contributed by atoms with Gasteiger partial charge in [-0.05, 0) is 37.8 Å². The average Bonchev–Trinajstić information content (AvgIpc) is 2.87. The summed E-state index contributed by atoms with van der Waals surface area (Å²) in [5.41, 5.74) is -0.527. The third kappa shape index (κ3) is 4.32. The van der Waals surface area contributed by atoms with Crippen LogP contribution in [0.5, 0.6) is 0 Å². The molecule has 0 bridgehead atoms. The lowest BCUT2D eigenvalue weighted by atomic mass is 9.81. The van der Waals surface area contributed by atoms with Crippen LogP contribution in [0.1, 0.15) is 33.6 Å². The predicted molar refractivity (Wildman–Crippen MR) is 94.7 cm³/mol. The summed E-state index contributed by atoms with van der Waals surface area (Å²) in [7, 11) is 1.42. The maximum absolute atomic E-state index is 12.0. The maximum atomic E-state index is 12.0. The quantitative estimate of drug-likeness (QED) is 0.575. The first-order chi connectivity index (χ1) is 11.4. The Kier molecular flexibility index (Phi) is 6.33. The molecular weight excluding hydrogens is 324 g/mol. The lowest BCUT2D eigenvalue weighted by Gasteiger charge is -2.34. The smallest absolute Gasteiger partial charge is 0.308 e. The zero-order valence-corrected chi connectivity index (χ0v) is 15.6. The van der Waals surface area contributed by atoms with Crippen molar-refractivity contribution in [2.24, 2.45) is 17.8 Å². The van der Waals surface area contributed by atoms with E-state index in [1.807, 2.05) is 32.0 Å². The zero-order chi connectivity index (χ0) is 17.7. The van der Waals surface area contributed by atoms with Crippen LogP contribution >= 0.6 is 11.8 Å². The molecule has 0 saturated heterocycles. The molecule has 2 rings (SSSR count). The van der Waals surface area contributed by atoms with Gasteiger partial charge in [-0.3, -0.25) is 9.59 Å². The highest BCUT2D eigenvalue weighted by atomic mass is 32.2. The van der Waals surface area contributed by atoms with Gasteiger partial charge in [-0.15, -0.1) is 11.8 Å². The first-order valence-electron chi connectivity index (χ1n) is 8.32. The van der Waals surface area contributed by atoms with Gasteiger partial charge >= 0.3 is 11.9 Å². The van der Waals surface area contributed by atoms with Gasteiger partial charge in [-0.1, -0.05) is 25.1 Å². The highest BCUT2D eigenvalue weighted by molar-refractivity contribution is 7.99. The summed E-state index contributed by atoms with van der Waals surface area (Å²) >= 11 is 1.74. The molecule has 0 spiro atoms. The van der Waals surface area contributed by atoms with Crippen molar-refractivity contribution >= 4 is 23.7 Å². The molecular formula is C19H26O4S. The molecule has 4 nitrogen and oxygen atoms in total. The molecule has 0 radical (unpaired) electrons.